The molecule has 2 aromatic heterocycles. The SMILES string of the molecule is CC(C(=O)/C=C/c1nc2ccccc2s1)C(=O)/C=C/c1nc2ccccc2s1. The van der Waals surface area contributed by atoms with E-state index in [1.807, 2.05) is 48.5 Å². The summed E-state index contributed by atoms with van der Waals surface area (Å²) in [5, 5.41) is 1.50. The topological polar surface area (TPSA) is 59.9 Å². The molecule has 0 spiro atoms. The summed E-state index contributed by atoms with van der Waals surface area (Å²) in [5.74, 6) is -1.22. The molecule has 0 aliphatic heterocycles. The normalized spacial score (nSPS) is 12.1. The van der Waals surface area contributed by atoms with Gasteiger partial charge in [0.05, 0.1) is 26.4 Å². The van der Waals surface area contributed by atoms with Crippen LogP contribution in [-0.4, -0.2) is 21.5 Å². The Labute approximate surface area is 169 Å². The van der Waals surface area contributed by atoms with Crippen LogP contribution in [0.2, 0.25) is 0 Å². The van der Waals surface area contributed by atoms with Crippen LogP contribution >= 0.6 is 22.7 Å². The van der Waals surface area contributed by atoms with E-state index in [4.69, 9.17) is 0 Å². The van der Waals surface area contributed by atoms with E-state index in [0.717, 1.165) is 30.4 Å². The van der Waals surface area contributed by atoms with Gasteiger partial charge >= 0.3 is 0 Å². The Kier molecular flexibility index (Phi) is 5.23. The molecule has 0 N–H and O–H groups in total. The number of hydrogen-bond donors (Lipinski definition) is 0. The summed E-state index contributed by atoms with van der Waals surface area (Å²) in [7, 11) is 0. The molecule has 0 saturated heterocycles. The van der Waals surface area contributed by atoms with Gasteiger partial charge in [0.1, 0.15) is 10.0 Å². The highest BCUT2D eigenvalue weighted by Gasteiger charge is 2.17. The number of carbonyl (C=O) groups excluding carboxylic acids is 2. The molecular weight excluding hydrogens is 388 g/mol. The van der Waals surface area contributed by atoms with Crippen molar-refractivity contribution in [3.8, 4) is 0 Å². The van der Waals surface area contributed by atoms with Crippen molar-refractivity contribution in [2.24, 2.45) is 5.92 Å². The molecule has 4 aromatic rings. The number of thiazole rings is 2. The van der Waals surface area contributed by atoms with Gasteiger partial charge in [-0.3, -0.25) is 9.59 Å². The van der Waals surface area contributed by atoms with E-state index < -0.39 is 5.92 Å². The standard InChI is InChI=1S/C22H16N2O2S2/c1-14(17(25)10-12-21-23-15-6-2-4-8-19(15)27-21)18(26)11-13-22-24-16-7-3-5-9-20(16)28-22/h2-14H,1H3/b12-10+,13-11+. The van der Waals surface area contributed by atoms with Crippen molar-refractivity contribution in [2.45, 2.75) is 6.92 Å². The van der Waals surface area contributed by atoms with Crippen LogP contribution in [0, 0.1) is 5.92 Å². The van der Waals surface area contributed by atoms with Crippen molar-refractivity contribution in [1.82, 2.24) is 9.97 Å². The van der Waals surface area contributed by atoms with Crippen molar-refractivity contribution in [3.63, 3.8) is 0 Å². The van der Waals surface area contributed by atoms with Crippen LogP contribution in [0.5, 0.6) is 0 Å². The van der Waals surface area contributed by atoms with Crippen LogP contribution in [0.1, 0.15) is 16.9 Å². The molecule has 6 heteroatoms. The van der Waals surface area contributed by atoms with Gasteiger partial charge in [-0.25, -0.2) is 9.97 Å². The maximum absolute atomic E-state index is 12.3. The van der Waals surface area contributed by atoms with Gasteiger partial charge < -0.3 is 0 Å². The molecular formula is C22H16N2O2S2. The number of hydrogen-bond acceptors (Lipinski definition) is 6. The lowest BCUT2D eigenvalue weighted by Crippen LogP contribution is -2.17. The molecule has 0 aliphatic rings. The molecule has 0 atom stereocenters. The average Bonchev–Trinajstić information content (AvgIpc) is 3.32. The Morgan fingerprint density at radius 1 is 0.786 bits per heavy atom. The third kappa shape index (κ3) is 3.98. The summed E-state index contributed by atoms with van der Waals surface area (Å²) >= 11 is 3.03. The van der Waals surface area contributed by atoms with Crippen LogP contribution in [0.25, 0.3) is 32.6 Å². The molecule has 0 amide bonds. The number of nitrogens with zero attached hydrogens (tertiary/aromatic N) is 2. The van der Waals surface area contributed by atoms with Gasteiger partial charge in [-0.15, -0.1) is 22.7 Å². The summed E-state index contributed by atoms with van der Waals surface area (Å²) < 4.78 is 2.13. The number of para-hydroxylation sites is 2. The van der Waals surface area contributed by atoms with Crippen LogP contribution in [-0.2, 0) is 9.59 Å². The minimum Gasteiger partial charge on any atom is -0.294 e. The Morgan fingerprint density at radius 3 is 1.64 bits per heavy atom. The third-order valence-electron chi connectivity index (χ3n) is 4.25. The highest BCUT2D eigenvalue weighted by atomic mass is 32.1. The Hall–Kier alpha value is -2.96. The van der Waals surface area contributed by atoms with Crippen molar-refractivity contribution in [3.05, 3.63) is 70.7 Å². The highest BCUT2D eigenvalue weighted by molar-refractivity contribution is 7.19. The van der Waals surface area contributed by atoms with E-state index in [0.29, 0.717) is 0 Å². The van der Waals surface area contributed by atoms with Crippen LogP contribution in [0.4, 0.5) is 0 Å². The minimum absolute atomic E-state index is 0.238. The molecule has 4 nitrogen and oxygen atoms in total. The number of benzene rings is 2. The maximum Gasteiger partial charge on any atom is 0.166 e. The average molecular weight is 405 g/mol. The number of aromatic nitrogens is 2. The lowest BCUT2D eigenvalue weighted by atomic mass is 10.0. The van der Waals surface area contributed by atoms with E-state index >= 15 is 0 Å². The second kappa shape index (κ2) is 7.96. The first-order valence-corrected chi connectivity index (χ1v) is 10.4. The smallest absolute Gasteiger partial charge is 0.166 e. The quantitative estimate of drug-likeness (QED) is 0.319. The molecule has 0 unspecified atom stereocenters. The van der Waals surface area contributed by atoms with Gasteiger partial charge in [0.2, 0.25) is 0 Å². The van der Waals surface area contributed by atoms with Crippen LogP contribution in [0.15, 0.2) is 60.7 Å². The molecule has 4 rings (SSSR count). The van der Waals surface area contributed by atoms with Crippen molar-refractivity contribution in [2.75, 3.05) is 0 Å². The summed E-state index contributed by atoms with van der Waals surface area (Å²) in [6.07, 6.45) is 6.22. The first kappa shape index (κ1) is 18.4. The van der Waals surface area contributed by atoms with Gasteiger partial charge in [0.25, 0.3) is 0 Å². The highest BCUT2D eigenvalue weighted by Crippen LogP contribution is 2.23. The van der Waals surface area contributed by atoms with E-state index in [1.54, 1.807) is 19.1 Å². The lowest BCUT2D eigenvalue weighted by molar-refractivity contribution is -0.126. The Balaban J connectivity index is 1.42. The number of ketones is 2. The predicted octanol–water partition coefficient (Wildman–Crippen LogP) is 5.41. The van der Waals surface area contributed by atoms with Gasteiger partial charge in [0, 0.05) is 0 Å². The van der Waals surface area contributed by atoms with Gasteiger partial charge in [0.15, 0.2) is 11.6 Å². The fourth-order valence-corrected chi connectivity index (χ4v) is 4.40. The summed E-state index contributed by atoms with van der Waals surface area (Å²) in [5.41, 5.74) is 1.81. The zero-order chi connectivity index (χ0) is 19.5. The van der Waals surface area contributed by atoms with Gasteiger partial charge in [-0.2, -0.15) is 0 Å². The molecule has 2 aromatic carbocycles. The molecule has 0 saturated carbocycles. The summed E-state index contributed by atoms with van der Waals surface area (Å²) in [6.45, 7) is 1.62. The molecule has 0 bridgehead atoms. The molecule has 0 aliphatic carbocycles. The van der Waals surface area contributed by atoms with Gasteiger partial charge in [-0.1, -0.05) is 24.3 Å². The number of rotatable bonds is 6. The molecule has 0 fully saturated rings. The lowest BCUT2D eigenvalue weighted by Gasteiger charge is -2.01. The van der Waals surface area contributed by atoms with Crippen LogP contribution in [0.3, 0.4) is 0 Å². The largest absolute Gasteiger partial charge is 0.294 e. The van der Waals surface area contributed by atoms with Crippen molar-refractivity contribution < 1.29 is 9.59 Å². The second-order valence-corrected chi connectivity index (χ2v) is 8.36. The monoisotopic (exact) mass is 404 g/mol. The first-order valence-electron chi connectivity index (χ1n) is 8.75. The minimum atomic E-state index is -0.740. The second-order valence-electron chi connectivity index (χ2n) is 6.23. The Bertz CT molecular complexity index is 1070. The van der Waals surface area contributed by atoms with E-state index in [9.17, 15) is 9.59 Å². The Morgan fingerprint density at radius 2 is 1.21 bits per heavy atom. The molecule has 2 heterocycles. The summed E-state index contributed by atoms with van der Waals surface area (Å²) in [6, 6.07) is 15.6. The molecule has 28 heavy (non-hydrogen) atoms. The zero-order valence-corrected chi connectivity index (χ0v) is 16.7. The maximum atomic E-state index is 12.3. The molecule has 0 radical (unpaired) electrons. The molecule has 138 valence electrons. The van der Waals surface area contributed by atoms with Crippen molar-refractivity contribution >= 4 is 66.8 Å². The van der Waals surface area contributed by atoms with E-state index in [-0.39, 0.29) is 11.6 Å². The zero-order valence-electron chi connectivity index (χ0n) is 15.0. The van der Waals surface area contributed by atoms with E-state index in [1.165, 1.54) is 34.8 Å². The number of fused-ring (bicyclic) bond motifs is 2. The predicted molar refractivity (Wildman–Crippen MR) is 116 cm³/mol. The van der Waals surface area contributed by atoms with Crippen LogP contribution < -0.4 is 0 Å². The number of allylic oxidation sites excluding steroid dienone is 2. The van der Waals surface area contributed by atoms with Crippen molar-refractivity contribution in [1.29, 1.82) is 0 Å². The number of carbonyl (C=O) groups is 2. The first-order chi connectivity index (χ1) is 13.6. The fourth-order valence-electron chi connectivity index (χ4n) is 2.66. The third-order valence-corrected chi connectivity index (χ3v) is 6.26. The summed E-state index contributed by atoms with van der Waals surface area (Å²) in [4.78, 5) is 33.6. The van der Waals surface area contributed by atoms with Gasteiger partial charge in [-0.05, 0) is 55.5 Å². The fraction of sp³-hybridized carbons (Fsp3) is 0.0909. The van der Waals surface area contributed by atoms with E-state index in [2.05, 4.69) is 9.97 Å².